The highest BCUT2D eigenvalue weighted by atomic mass is 16.6. The molecule has 0 aromatic carbocycles. The van der Waals surface area contributed by atoms with E-state index in [2.05, 4.69) is 6.58 Å². The molecule has 7 nitrogen and oxygen atoms in total. The Bertz CT molecular complexity index is 382. The number of hydrogen-bond acceptors (Lipinski definition) is 5. The Kier molecular flexibility index (Phi) is 9.01. The summed E-state index contributed by atoms with van der Waals surface area (Å²) in [5.41, 5.74) is -2.08. The number of hydrogen-bond donors (Lipinski definition) is 0. The summed E-state index contributed by atoms with van der Waals surface area (Å²) in [4.78, 5) is 29.5. The molecule has 0 radical (unpaired) electrons. The van der Waals surface area contributed by atoms with E-state index in [1.165, 1.54) is 13.0 Å². The molecular formula is C10H14N2O5. The molecule has 0 aromatic rings. The molecule has 0 aliphatic carbocycles. The minimum Gasteiger partial charge on any atom is -0.297 e. The van der Waals surface area contributed by atoms with Crippen LogP contribution >= 0.6 is 0 Å². The monoisotopic (exact) mass is 242 g/mol. The molecule has 7 heteroatoms. The van der Waals surface area contributed by atoms with E-state index in [0.717, 1.165) is 6.08 Å². The van der Waals surface area contributed by atoms with Gasteiger partial charge >= 0.3 is 0 Å². The Labute approximate surface area is 98.4 Å². The van der Waals surface area contributed by atoms with Gasteiger partial charge in [-0.1, -0.05) is 19.9 Å². The highest BCUT2D eigenvalue weighted by Crippen LogP contribution is 2.13. The Balaban J connectivity index is 0. The molecule has 17 heavy (non-hydrogen) atoms. The maximum atomic E-state index is 10.5. The summed E-state index contributed by atoms with van der Waals surface area (Å²) in [5.74, 6) is 0. The number of nitro groups is 2. The molecule has 0 bridgehead atoms. The van der Waals surface area contributed by atoms with Gasteiger partial charge in [0.25, 0.3) is 11.4 Å². The van der Waals surface area contributed by atoms with Crippen molar-refractivity contribution in [1.29, 1.82) is 0 Å². The van der Waals surface area contributed by atoms with Crippen LogP contribution in [0.5, 0.6) is 0 Å². The number of allylic oxidation sites excluding steroid dienone is 3. The number of nitrogens with zero attached hydrogens (tertiary/aromatic N) is 2. The summed E-state index contributed by atoms with van der Waals surface area (Å²) < 4.78 is 0. The molecule has 0 spiro atoms. The summed E-state index contributed by atoms with van der Waals surface area (Å²) in [6.07, 6.45) is 2.34. The van der Waals surface area contributed by atoms with Crippen LogP contribution in [-0.2, 0) is 4.79 Å². The first-order valence-corrected chi connectivity index (χ1v) is 4.75. The van der Waals surface area contributed by atoms with E-state index in [9.17, 15) is 25.0 Å². The van der Waals surface area contributed by atoms with E-state index >= 15 is 0 Å². The van der Waals surface area contributed by atoms with Crippen molar-refractivity contribution in [3.05, 3.63) is 55.9 Å². The first-order chi connectivity index (χ1) is 7.95. The molecule has 0 saturated heterocycles. The van der Waals surface area contributed by atoms with Crippen molar-refractivity contribution in [1.82, 2.24) is 0 Å². The van der Waals surface area contributed by atoms with Gasteiger partial charge in [0.15, 0.2) is 11.9 Å². The van der Waals surface area contributed by atoms with Crippen LogP contribution < -0.4 is 0 Å². The fourth-order valence-electron chi connectivity index (χ4n) is 0.781. The summed E-state index contributed by atoms with van der Waals surface area (Å²) in [6.45, 7) is 8.47. The number of carbonyl (C=O) groups excluding carboxylic acids is 1. The maximum absolute atomic E-state index is 10.5. The summed E-state index contributed by atoms with van der Waals surface area (Å²) >= 11 is 0. The van der Waals surface area contributed by atoms with Crippen LogP contribution in [0.15, 0.2) is 35.7 Å². The Morgan fingerprint density at radius 3 is 1.88 bits per heavy atom. The van der Waals surface area contributed by atoms with Crippen LogP contribution in [0, 0.1) is 20.2 Å². The Morgan fingerprint density at radius 1 is 1.18 bits per heavy atom. The maximum Gasteiger partial charge on any atom is 0.286 e. The van der Waals surface area contributed by atoms with Crippen LogP contribution in [0.25, 0.3) is 0 Å². The smallest absolute Gasteiger partial charge is 0.286 e. The second kappa shape index (κ2) is 8.96. The van der Waals surface area contributed by atoms with Crippen LogP contribution in [0.2, 0.25) is 0 Å². The SMILES string of the molecule is C=C(/C(C=O)=C(\C=C/C)[N+](=O)[O-])[N+](=O)[O-].CC. The average Bonchev–Trinajstić information content (AvgIpc) is 2.30. The number of rotatable bonds is 5. The molecule has 94 valence electrons. The number of carbonyl (C=O) groups is 1. The third-order valence-corrected chi connectivity index (χ3v) is 1.45. The predicted octanol–water partition coefficient (Wildman–Crippen LogP) is 2.11. The average molecular weight is 242 g/mol. The lowest BCUT2D eigenvalue weighted by atomic mass is 10.1. The van der Waals surface area contributed by atoms with Gasteiger partial charge in [-0.15, -0.1) is 0 Å². The fraction of sp³-hybridized carbons (Fsp3) is 0.300. The van der Waals surface area contributed by atoms with Crippen LogP contribution in [0.4, 0.5) is 0 Å². The zero-order valence-corrected chi connectivity index (χ0v) is 9.87. The lowest BCUT2D eigenvalue weighted by molar-refractivity contribution is -0.432. The lowest BCUT2D eigenvalue weighted by Gasteiger charge is -1.96. The van der Waals surface area contributed by atoms with Crippen molar-refractivity contribution >= 4 is 6.29 Å². The van der Waals surface area contributed by atoms with Gasteiger partial charge in [-0.25, -0.2) is 0 Å². The molecule has 0 N–H and O–H groups in total. The van der Waals surface area contributed by atoms with Gasteiger partial charge in [-0.3, -0.25) is 25.0 Å². The molecule has 0 fully saturated rings. The van der Waals surface area contributed by atoms with Crippen LogP contribution in [-0.4, -0.2) is 16.1 Å². The first kappa shape index (κ1) is 17.1. The molecule has 0 amide bonds. The molecule has 0 aromatic heterocycles. The fourth-order valence-corrected chi connectivity index (χ4v) is 0.781. The van der Waals surface area contributed by atoms with Gasteiger partial charge in [0.1, 0.15) is 0 Å². The van der Waals surface area contributed by atoms with Crippen molar-refractivity contribution in [2.45, 2.75) is 20.8 Å². The molecule has 0 saturated carbocycles. The first-order valence-electron chi connectivity index (χ1n) is 4.75. The van der Waals surface area contributed by atoms with Crippen LogP contribution in [0.1, 0.15) is 20.8 Å². The van der Waals surface area contributed by atoms with Gasteiger partial charge in [0.05, 0.1) is 9.85 Å². The predicted molar refractivity (Wildman–Crippen MR) is 62.4 cm³/mol. The van der Waals surface area contributed by atoms with Gasteiger partial charge in [-0.05, 0) is 13.5 Å². The van der Waals surface area contributed by atoms with Crippen molar-refractivity contribution in [2.75, 3.05) is 0 Å². The summed E-state index contributed by atoms with van der Waals surface area (Å²) in [6, 6.07) is 0. The van der Waals surface area contributed by atoms with Gasteiger partial charge in [0, 0.05) is 6.08 Å². The standard InChI is InChI=1S/C8H8N2O5.C2H6/c1-3-4-8(10(14)15)7(5-11)6(2)9(12)13;1-2/h3-5H,2H2,1H3;1-2H3/b4-3-,8-7+;. The highest BCUT2D eigenvalue weighted by Gasteiger charge is 2.24. The molecule has 0 unspecified atom stereocenters. The van der Waals surface area contributed by atoms with Gasteiger partial charge < -0.3 is 0 Å². The minimum atomic E-state index is -0.948. The zero-order valence-electron chi connectivity index (χ0n) is 9.87. The molecule has 0 heterocycles. The Hall–Kier alpha value is -2.31. The second-order valence-electron chi connectivity index (χ2n) is 2.38. The van der Waals surface area contributed by atoms with E-state index < -0.39 is 26.8 Å². The Morgan fingerprint density at radius 2 is 1.65 bits per heavy atom. The topological polar surface area (TPSA) is 103 Å². The minimum absolute atomic E-state index is 0.0449. The summed E-state index contributed by atoms with van der Waals surface area (Å²) in [5, 5.41) is 20.8. The van der Waals surface area contributed by atoms with Crippen molar-refractivity contribution in [3.8, 4) is 0 Å². The van der Waals surface area contributed by atoms with E-state index in [1.54, 1.807) is 0 Å². The molecule has 0 rings (SSSR count). The van der Waals surface area contributed by atoms with Gasteiger partial charge in [-0.2, -0.15) is 0 Å². The highest BCUT2D eigenvalue weighted by molar-refractivity contribution is 5.80. The van der Waals surface area contributed by atoms with Crippen LogP contribution in [0.3, 0.4) is 0 Å². The van der Waals surface area contributed by atoms with Gasteiger partial charge in [0.2, 0.25) is 0 Å². The van der Waals surface area contributed by atoms with Crippen molar-refractivity contribution in [3.63, 3.8) is 0 Å². The molecular weight excluding hydrogens is 228 g/mol. The summed E-state index contributed by atoms with van der Waals surface area (Å²) in [7, 11) is 0. The molecule has 0 aliphatic heterocycles. The van der Waals surface area contributed by atoms with Crippen molar-refractivity contribution < 1.29 is 14.6 Å². The lowest BCUT2D eigenvalue weighted by Crippen LogP contribution is -2.09. The zero-order chi connectivity index (χ0) is 14.0. The van der Waals surface area contributed by atoms with E-state index in [1.807, 2.05) is 13.8 Å². The third kappa shape index (κ3) is 5.36. The second-order valence-corrected chi connectivity index (χ2v) is 2.38. The normalized spacial score (nSPS) is 11.0. The number of aldehydes is 1. The van der Waals surface area contributed by atoms with E-state index in [0.29, 0.717) is 0 Å². The van der Waals surface area contributed by atoms with E-state index in [-0.39, 0.29) is 6.29 Å². The third-order valence-electron chi connectivity index (χ3n) is 1.45. The van der Waals surface area contributed by atoms with Crippen molar-refractivity contribution in [2.24, 2.45) is 0 Å². The molecule has 0 atom stereocenters. The largest absolute Gasteiger partial charge is 0.297 e. The quantitative estimate of drug-likeness (QED) is 0.241. The van der Waals surface area contributed by atoms with E-state index in [4.69, 9.17) is 0 Å². The molecule has 0 aliphatic rings.